The molecule has 1 N–H and O–H groups in total. The molecular formula is C16H20N4. The van der Waals surface area contributed by atoms with Crippen LogP contribution in [0.15, 0.2) is 30.6 Å². The first-order chi connectivity index (χ1) is 9.74. The minimum Gasteiger partial charge on any atom is -0.354 e. The lowest BCUT2D eigenvalue weighted by atomic mass is 10.0. The Kier molecular flexibility index (Phi) is 3.65. The summed E-state index contributed by atoms with van der Waals surface area (Å²) in [5.41, 5.74) is 4.73. The summed E-state index contributed by atoms with van der Waals surface area (Å²) in [6.45, 7) is 8.29. The molecule has 104 valence electrons. The largest absolute Gasteiger partial charge is 0.354 e. The standard InChI is InChI=1S/C16H20N4/c1-12-3-4-14(13(2)9-12)15-10-16(19-11-18-15)20-7-5-17-6-8-20/h3-4,9-11,17H,5-8H2,1-2H3. The number of aryl methyl sites for hydroxylation is 2. The fourth-order valence-corrected chi connectivity index (χ4v) is 2.66. The maximum absolute atomic E-state index is 4.44. The SMILES string of the molecule is Cc1ccc(-c2cc(N3CCNCC3)ncn2)c(C)c1. The van der Waals surface area contributed by atoms with Gasteiger partial charge in [0.2, 0.25) is 0 Å². The van der Waals surface area contributed by atoms with E-state index in [0.717, 1.165) is 37.7 Å². The molecule has 4 nitrogen and oxygen atoms in total. The number of aromatic nitrogens is 2. The molecule has 0 saturated carbocycles. The molecule has 1 saturated heterocycles. The van der Waals surface area contributed by atoms with Crippen LogP contribution in [0.3, 0.4) is 0 Å². The van der Waals surface area contributed by atoms with Crippen LogP contribution in [-0.2, 0) is 0 Å². The summed E-state index contributed by atoms with van der Waals surface area (Å²) in [5.74, 6) is 1.02. The first-order valence-electron chi connectivity index (χ1n) is 7.09. The van der Waals surface area contributed by atoms with Gasteiger partial charge in [-0.15, -0.1) is 0 Å². The summed E-state index contributed by atoms with van der Waals surface area (Å²) in [6.07, 6.45) is 1.67. The number of nitrogens with one attached hydrogen (secondary N) is 1. The molecule has 1 aromatic heterocycles. The number of rotatable bonds is 2. The van der Waals surface area contributed by atoms with E-state index in [2.05, 4.69) is 58.3 Å². The van der Waals surface area contributed by atoms with Crippen LogP contribution in [0.1, 0.15) is 11.1 Å². The van der Waals surface area contributed by atoms with Crippen LogP contribution in [0.25, 0.3) is 11.3 Å². The number of hydrogen-bond acceptors (Lipinski definition) is 4. The van der Waals surface area contributed by atoms with E-state index in [9.17, 15) is 0 Å². The quantitative estimate of drug-likeness (QED) is 0.906. The Morgan fingerprint density at radius 1 is 1.05 bits per heavy atom. The van der Waals surface area contributed by atoms with E-state index in [1.54, 1.807) is 6.33 Å². The summed E-state index contributed by atoms with van der Waals surface area (Å²) in [7, 11) is 0. The highest BCUT2D eigenvalue weighted by atomic mass is 15.2. The van der Waals surface area contributed by atoms with Gasteiger partial charge in [0.25, 0.3) is 0 Å². The Bertz CT molecular complexity index is 603. The fraction of sp³-hybridized carbons (Fsp3) is 0.375. The van der Waals surface area contributed by atoms with Crippen molar-refractivity contribution in [3.05, 3.63) is 41.7 Å². The highest BCUT2D eigenvalue weighted by Crippen LogP contribution is 2.24. The number of benzene rings is 1. The lowest BCUT2D eigenvalue weighted by Crippen LogP contribution is -2.43. The summed E-state index contributed by atoms with van der Waals surface area (Å²) < 4.78 is 0. The van der Waals surface area contributed by atoms with Crippen molar-refractivity contribution in [2.24, 2.45) is 0 Å². The maximum atomic E-state index is 4.44. The fourth-order valence-electron chi connectivity index (χ4n) is 2.66. The molecule has 1 aromatic carbocycles. The number of hydrogen-bond donors (Lipinski definition) is 1. The third-order valence-electron chi connectivity index (χ3n) is 3.75. The topological polar surface area (TPSA) is 41.0 Å². The molecule has 0 atom stereocenters. The van der Waals surface area contributed by atoms with Gasteiger partial charge in [-0.05, 0) is 19.4 Å². The Morgan fingerprint density at radius 3 is 2.60 bits per heavy atom. The molecule has 0 spiro atoms. The van der Waals surface area contributed by atoms with Crippen molar-refractivity contribution >= 4 is 5.82 Å². The molecule has 3 rings (SSSR count). The van der Waals surface area contributed by atoms with Gasteiger partial charge in [0, 0.05) is 37.8 Å². The second-order valence-electron chi connectivity index (χ2n) is 5.32. The zero-order valence-electron chi connectivity index (χ0n) is 12.1. The van der Waals surface area contributed by atoms with E-state index in [1.807, 2.05) is 0 Å². The predicted octanol–water partition coefficient (Wildman–Crippen LogP) is 2.17. The molecule has 0 amide bonds. The average Bonchev–Trinajstić information content (AvgIpc) is 2.48. The van der Waals surface area contributed by atoms with Crippen molar-refractivity contribution in [1.82, 2.24) is 15.3 Å². The van der Waals surface area contributed by atoms with Crippen LogP contribution < -0.4 is 10.2 Å². The van der Waals surface area contributed by atoms with Crippen LogP contribution in [-0.4, -0.2) is 36.1 Å². The highest BCUT2D eigenvalue weighted by molar-refractivity contribution is 5.66. The Morgan fingerprint density at radius 2 is 1.85 bits per heavy atom. The Balaban J connectivity index is 1.94. The van der Waals surface area contributed by atoms with Gasteiger partial charge in [-0.2, -0.15) is 0 Å². The van der Waals surface area contributed by atoms with Crippen LogP contribution >= 0.6 is 0 Å². The minimum atomic E-state index is 1.00. The van der Waals surface area contributed by atoms with Gasteiger partial charge in [-0.1, -0.05) is 23.8 Å². The average molecular weight is 268 g/mol. The van der Waals surface area contributed by atoms with Crippen LogP contribution in [0, 0.1) is 13.8 Å². The number of anilines is 1. The van der Waals surface area contributed by atoms with Gasteiger partial charge in [0.05, 0.1) is 5.69 Å². The van der Waals surface area contributed by atoms with E-state index in [1.165, 1.54) is 16.7 Å². The molecule has 2 heterocycles. The first-order valence-corrected chi connectivity index (χ1v) is 7.09. The molecule has 20 heavy (non-hydrogen) atoms. The van der Waals surface area contributed by atoms with Gasteiger partial charge >= 0.3 is 0 Å². The van der Waals surface area contributed by atoms with Gasteiger partial charge in [0.15, 0.2) is 0 Å². The summed E-state index contributed by atoms with van der Waals surface area (Å²) in [5, 5.41) is 3.36. The molecule has 0 unspecified atom stereocenters. The van der Waals surface area contributed by atoms with Crippen molar-refractivity contribution < 1.29 is 0 Å². The molecular weight excluding hydrogens is 248 g/mol. The molecule has 1 fully saturated rings. The normalized spacial score (nSPS) is 15.4. The second kappa shape index (κ2) is 5.59. The summed E-state index contributed by atoms with van der Waals surface area (Å²) in [6, 6.07) is 8.58. The Hall–Kier alpha value is -1.94. The zero-order valence-corrected chi connectivity index (χ0v) is 12.1. The molecule has 0 aliphatic carbocycles. The van der Waals surface area contributed by atoms with Crippen LogP contribution in [0.5, 0.6) is 0 Å². The van der Waals surface area contributed by atoms with Gasteiger partial charge < -0.3 is 10.2 Å². The van der Waals surface area contributed by atoms with Crippen molar-refractivity contribution in [1.29, 1.82) is 0 Å². The second-order valence-corrected chi connectivity index (χ2v) is 5.32. The third kappa shape index (κ3) is 2.65. The first kappa shape index (κ1) is 13.1. The van der Waals surface area contributed by atoms with Gasteiger partial charge in [-0.25, -0.2) is 9.97 Å². The molecule has 1 aliphatic heterocycles. The predicted molar refractivity (Wildman–Crippen MR) is 82.0 cm³/mol. The zero-order chi connectivity index (χ0) is 13.9. The highest BCUT2D eigenvalue weighted by Gasteiger charge is 2.13. The van der Waals surface area contributed by atoms with E-state index >= 15 is 0 Å². The third-order valence-corrected chi connectivity index (χ3v) is 3.75. The summed E-state index contributed by atoms with van der Waals surface area (Å²) in [4.78, 5) is 11.2. The van der Waals surface area contributed by atoms with Gasteiger partial charge in [0.1, 0.15) is 12.1 Å². The molecule has 1 aliphatic rings. The maximum Gasteiger partial charge on any atom is 0.132 e. The monoisotopic (exact) mass is 268 g/mol. The molecule has 2 aromatic rings. The lowest BCUT2D eigenvalue weighted by molar-refractivity contribution is 0.584. The smallest absolute Gasteiger partial charge is 0.132 e. The van der Waals surface area contributed by atoms with E-state index in [4.69, 9.17) is 0 Å². The van der Waals surface area contributed by atoms with Crippen molar-refractivity contribution in [2.45, 2.75) is 13.8 Å². The van der Waals surface area contributed by atoms with Crippen LogP contribution in [0.4, 0.5) is 5.82 Å². The van der Waals surface area contributed by atoms with Crippen LogP contribution in [0.2, 0.25) is 0 Å². The summed E-state index contributed by atoms with van der Waals surface area (Å²) >= 11 is 0. The molecule has 0 radical (unpaired) electrons. The van der Waals surface area contributed by atoms with Crippen molar-refractivity contribution in [2.75, 3.05) is 31.1 Å². The van der Waals surface area contributed by atoms with E-state index in [0.29, 0.717) is 0 Å². The molecule has 0 bridgehead atoms. The Labute approximate surface area is 119 Å². The number of nitrogens with zero attached hydrogens (tertiary/aromatic N) is 3. The molecule has 4 heteroatoms. The van der Waals surface area contributed by atoms with Crippen molar-refractivity contribution in [3.8, 4) is 11.3 Å². The number of piperazine rings is 1. The minimum absolute atomic E-state index is 1.00. The van der Waals surface area contributed by atoms with Crippen molar-refractivity contribution in [3.63, 3.8) is 0 Å². The van der Waals surface area contributed by atoms with E-state index < -0.39 is 0 Å². The van der Waals surface area contributed by atoms with Gasteiger partial charge in [-0.3, -0.25) is 0 Å². The lowest BCUT2D eigenvalue weighted by Gasteiger charge is -2.28. The van der Waals surface area contributed by atoms with E-state index in [-0.39, 0.29) is 0 Å².